The van der Waals surface area contributed by atoms with E-state index in [4.69, 9.17) is 5.73 Å². The van der Waals surface area contributed by atoms with Crippen molar-refractivity contribution in [3.63, 3.8) is 0 Å². The van der Waals surface area contributed by atoms with E-state index in [2.05, 4.69) is 33.7 Å². The van der Waals surface area contributed by atoms with Gasteiger partial charge in [0.05, 0.1) is 0 Å². The quantitative estimate of drug-likeness (QED) is 0.607. The van der Waals surface area contributed by atoms with Gasteiger partial charge in [-0.25, -0.2) is 9.98 Å². The van der Waals surface area contributed by atoms with Crippen LogP contribution in [0.3, 0.4) is 0 Å². The standard InChI is InChI=1S/C14H25N5/c1-11(2)10-19-7-6-16-13(19)9-18-14(15)17-8-12-4-3-5-12/h6-7,11-12H,3-5,8-10H2,1-2H3,(H3,15,17,18). The van der Waals surface area contributed by atoms with Crippen LogP contribution in [0.2, 0.25) is 0 Å². The van der Waals surface area contributed by atoms with Crippen LogP contribution in [0.4, 0.5) is 0 Å². The van der Waals surface area contributed by atoms with Crippen molar-refractivity contribution >= 4 is 5.96 Å². The van der Waals surface area contributed by atoms with E-state index in [1.165, 1.54) is 19.3 Å². The smallest absolute Gasteiger partial charge is 0.189 e. The van der Waals surface area contributed by atoms with E-state index in [9.17, 15) is 0 Å². The van der Waals surface area contributed by atoms with E-state index >= 15 is 0 Å². The lowest BCUT2D eigenvalue weighted by Gasteiger charge is -2.25. The van der Waals surface area contributed by atoms with Gasteiger partial charge < -0.3 is 15.6 Å². The molecule has 1 fully saturated rings. The summed E-state index contributed by atoms with van der Waals surface area (Å²) in [5.41, 5.74) is 5.87. The van der Waals surface area contributed by atoms with Crippen molar-refractivity contribution in [1.82, 2.24) is 14.9 Å². The SMILES string of the molecule is CC(C)Cn1ccnc1CN=C(N)NCC1CCC1. The van der Waals surface area contributed by atoms with E-state index in [0.717, 1.165) is 24.8 Å². The largest absolute Gasteiger partial charge is 0.370 e. The lowest BCUT2D eigenvalue weighted by Crippen LogP contribution is -2.37. The van der Waals surface area contributed by atoms with E-state index in [0.29, 0.717) is 18.4 Å². The Morgan fingerprint density at radius 1 is 1.58 bits per heavy atom. The molecule has 1 saturated carbocycles. The molecule has 0 radical (unpaired) electrons. The first-order valence-electron chi connectivity index (χ1n) is 7.19. The summed E-state index contributed by atoms with van der Waals surface area (Å²) >= 11 is 0. The van der Waals surface area contributed by atoms with Crippen LogP contribution in [-0.2, 0) is 13.1 Å². The molecule has 0 bridgehead atoms. The van der Waals surface area contributed by atoms with Gasteiger partial charge in [-0.3, -0.25) is 0 Å². The molecule has 1 aliphatic rings. The highest BCUT2D eigenvalue weighted by molar-refractivity contribution is 5.77. The summed E-state index contributed by atoms with van der Waals surface area (Å²) in [5, 5.41) is 3.20. The summed E-state index contributed by atoms with van der Waals surface area (Å²) in [6.45, 7) is 6.86. The Morgan fingerprint density at radius 2 is 2.37 bits per heavy atom. The molecular formula is C14H25N5. The zero-order chi connectivity index (χ0) is 13.7. The van der Waals surface area contributed by atoms with Gasteiger partial charge in [0, 0.05) is 25.5 Å². The predicted octanol–water partition coefficient (Wildman–Crippen LogP) is 1.74. The molecule has 0 spiro atoms. The van der Waals surface area contributed by atoms with Crippen molar-refractivity contribution in [1.29, 1.82) is 0 Å². The first kappa shape index (κ1) is 13.9. The van der Waals surface area contributed by atoms with Crippen LogP contribution < -0.4 is 11.1 Å². The van der Waals surface area contributed by atoms with Gasteiger partial charge >= 0.3 is 0 Å². The number of aromatic nitrogens is 2. The molecule has 0 aliphatic heterocycles. The Bertz CT molecular complexity index is 417. The van der Waals surface area contributed by atoms with Gasteiger partial charge in [-0.15, -0.1) is 0 Å². The van der Waals surface area contributed by atoms with Crippen molar-refractivity contribution in [2.75, 3.05) is 6.54 Å². The van der Waals surface area contributed by atoms with E-state index in [1.807, 2.05) is 12.4 Å². The molecule has 5 nitrogen and oxygen atoms in total. The van der Waals surface area contributed by atoms with Crippen LogP contribution >= 0.6 is 0 Å². The first-order valence-corrected chi connectivity index (χ1v) is 7.19. The van der Waals surface area contributed by atoms with Gasteiger partial charge in [-0.05, 0) is 24.7 Å². The predicted molar refractivity (Wildman–Crippen MR) is 77.7 cm³/mol. The lowest BCUT2D eigenvalue weighted by molar-refractivity contribution is 0.315. The molecule has 3 N–H and O–H groups in total. The average Bonchev–Trinajstić information content (AvgIpc) is 2.71. The molecule has 5 heteroatoms. The van der Waals surface area contributed by atoms with Crippen molar-refractivity contribution in [3.8, 4) is 0 Å². The lowest BCUT2D eigenvalue weighted by atomic mass is 9.85. The van der Waals surface area contributed by atoms with E-state index in [-0.39, 0.29) is 0 Å². The monoisotopic (exact) mass is 263 g/mol. The Kier molecular flexibility index (Phi) is 4.82. The van der Waals surface area contributed by atoms with Gasteiger partial charge in [0.2, 0.25) is 0 Å². The van der Waals surface area contributed by atoms with Crippen LogP contribution in [0.1, 0.15) is 38.9 Å². The molecule has 1 aromatic heterocycles. The number of imidazole rings is 1. The number of nitrogens with zero attached hydrogens (tertiary/aromatic N) is 3. The molecular weight excluding hydrogens is 238 g/mol. The topological polar surface area (TPSA) is 68.2 Å². The Morgan fingerprint density at radius 3 is 3.00 bits per heavy atom. The second-order valence-corrected chi connectivity index (χ2v) is 5.77. The molecule has 19 heavy (non-hydrogen) atoms. The summed E-state index contributed by atoms with van der Waals surface area (Å²) in [6.07, 6.45) is 7.82. The number of aliphatic imine (C=N–C) groups is 1. The fourth-order valence-electron chi connectivity index (χ4n) is 2.21. The summed E-state index contributed by atoms with van der Waals surface area (Å²) in [6, 6.07) is 0. The summed E-state index contributed by atoms with van der Waals surface area (Å²) in [4.78, 5) is 8.70. The minimum atomic E-state index is 0.533. The second-order valence-electron chi connectivity index (χ2n) is 5.77. The highest BCUT2D eigenvalue weighted by Gasteiger charge is 2.16. The van der Waals surface area contributed by atoms with E-state index in [1.54, 1.807) is 0 Å². The van der Waals surface area contributed by atoms with Gasteiger partial charge in [-0.1, -0.05) is 20.3 Å². The van der Waals surface area contributed by atoms with Crippen LogP contribution in [0.25, 0.3) is 0 Å². The molecule has 0 unspecified atom stereocenters. The minimum Gasteiger partial charge on any atom is -0.370 e. The zero-order valence-corrected chi connectivity index (χ0v) is 12.0. The maximum absolute atomic E-state index is 5.87. The van der Waals surface area contributed by atoms with Crippen molar-refractivity contribution in [2.45, 2.75) is 46.2 Å². The maximum atomic E-state index is 5.87. The molecule has 0 aromatic carbocycles. The Labute approximate surface area is 115 Å². The fraction of sp³-hybridized carbons (Fsp3) is 0.714. The van der Waals surface area contributed by atoms with Crippen molar-refractivity contribution < 1.29 is 0 Å². The molecule has 0 atom stereocenters. The zero-order valence-electron chi connectivity index (χ0n) is 12.0. The second kappa shape index (κ2) is 6.59. The number of nitrogens with one attached hydrogen (secondary N) is 1. The Balaban J connectivity index is 1.80. The molecule has 0 saturated heterocycles. The summed E-state index contributed by atoms with van der Waals surface area (Å²) < 4.78 is 2.15. The van der Waals surface area contributed by atoms with E-state index < -0.39 is 0 Å². The van der Waals surface area contributed by atoms with Gasteiger partial charge in [0.15, 0.2) is 5.96 Å². The molecule has 106 valence electrons. The fourth-order valence-corrected chi connectivity index (χ4v) is 2.21. The van der Waals surface area contributed by atoms with Gasteiger partial charge in [0.25, 0.3) is 0 Å². The van der Waals surface area contributed by atoms with Crippen molar-refractivity contribution in [2.24, 2.45) is 22.6 Å². The molecule has 1 aliphatic carbocycles. The average molecular weight is 263 g/mol. The highest BCUT2D eigenvalue weighted by Crippen LogP contribution is 2.24. The third-order valence-electron chi connectivity index (χ3n) is 3.55. The summed E-state index contributed by atoms with van der Waals surface area (Å²) in [7, 11) is 0. The normalized spacial score (nSPS) is 16.7. The summed E-state index contributed by atoms with van der Waals surface area (Å²) in [5.74, 6) is 2.90. The number of hydrogen-bond donors (Lipinski definition) is 2. The number of guanidine groups is 1. The molecule has 0 amide bonds. The van der Waals surface area contributed by atoms with Crippen molar-refractivity contribution in [3.05, 3.63) is 18.2 Å². The van der Waals surface area contributed by atoms with Gasteiger partial charge in [-0.2, -0.15) is 0 Å². The third kappa shape index (κ3) is 4.26. The van der Waals surface area contributed by atoms with Crippen LogP contribution in [0.5, 0.6) is 0 Å². The van der Waals surface area contributed by atoms with Crippen LogP contribution in [-0.4, -0.2) is 22.1 Å². The Hall–Kier alpha value is -1.52. The minimum absolute atomic E-state index is 0.533. The molecule has 2 rings (SSSR count). The third-order valence-corrected chi connectivity index (χ3v) is 3.55. The molecule has 1 aromatic rings. The number of nitrogens with two attached hydrogens (primary N) is 1. The molecule has 1 heterocycles. The van der Waals surface area contributed by atoms with Gasteiger partial charge in [0.1, 0.15) is 12.4 Å². The van der Waals surface area contributed by atoms with Crippen LogP contribution in [0, 0.1) is 11.8 Å². The maximum Gasteiger partial charge on any atom is 0.189 e. The number of rotatable bonds is 6. The first-order chi connectivity index (χ1) is 9.15. The number of hydrogen-bond acceptors (Lipinski definition) is 2. The highest BCUT2D eigenvalue weighted by atomic mass is 15.1. The van der Waals surface area contributed by atoms with Crippen LogP contribution in [0.15, 0.2) is 17.4 Å².